The number of fused-ring (bicyclic) bond motifs is 6. The highest BCUT2D eigenvalue weighted by Crippen LogP contribution is 2.39. The summed E-state index contributed by atoms with van der Waals surface area (Å²) in [7, 11) is -2.63. The van der Waals surface area contributed by atoms with Gasteiger partial charge in [-0.3, -0.25) is 0 Å². The van der Waals surface area contributed by atoms with Gasteiger partial charge in [0.05, 0.1) is 0 Å². The van der Waals surface area contributed by atoms with Crippen LogP contribution in [0.4, 0.5) is 0 Å². The molecule has 0 spiro atoms. The molecule has 0 bridgehead atoms. The first kappa shape index (κ1) is 17.9. The van der Waals surface area contributed by atoms with Crippen LogP contribution in [-0.2, 0) is 12.8 Å². The predicted molar refractivity (Wildman–Crippen MR) is 130 cm³/mol. The molecule has 0 nitrogen and oxygen atoms in total. The van der Waals surface area contributed by atoms with Gasteiger partial charge in [0.2, 0.25) is 7.38 Å². The maximum atomic E-state index is 7.65. The third-order valence-corrected chi connectivity index (χ3v) is 11.5. The highest BCUT2D eigenvalue weighted by molar-refractivity contribution is 7.37. The van der Waals surface area contributed by atoms with E-state index in [-0.39, 0.29) is 0 Å². The van der Waals surface area contributed by atoms with Gasteiger partial charge in [-0.1, -0.05) is 90.6 Å². The SMILES string of the molecule is C=C[Si](Cl)(c1cccc2c1Cc1ccccc1-2)c1cccc2c1Cc1ccccc1-2. The van der Waals surface area contributed by atoms with Crippen molar-refractivity contribution in [3.63, 3.8) is 0 Å². The van der Waals surface area contributed by atoms with Crippen LogP contribution in [0.25, 0.3) is 22.3 Å². The fraction of sp³-hybridized carbons (Fsp3) is 0.0714. The van der Waals surface area contributed by atoms with Crippen LogP contribution < -0.4 is 10.4 Å². The topological polar surface area (TPSA) is 0 Å². The smallest absolute Gasteiger partial charge is 0.149 e. The van der Waals surface area contributed by atoms with Crippen molar-refractivity contribution in [2.75, 3.05) is 0 Å². The van der Waals surface area contributed by atoms with Crippen molar-refractivity contribution in [1.29, 1.82) is 0 Å². The van der Waals surface area contributed by atoms with Crippen LogP contribution in [0.15, 0.2) is 97.2 Å². The molecule has 2 aliphatic rings. The largest absolute Gasteiger partial charge is 0.240 e. The van der Waals surface area contributed by atoms with Gasteiger partial charge < -0.3 is 0 Å². The second-order valence-corrected chi connectivity index (χ2v) is 12.9. The van der Waals surface area contributed by atoms with Crippen molar-refractivity contribution in [2.45, 2.75) is 12.8 Å². The Kier molecular flexibility index (Phi) is 3.93. The summed E-state index contributed by atoms with van der Waals surface area (Å²) in [5, 5.41) is 2.58. The maximum absolute atomic E-state index is 7.65. The van der Waals surface area contributed by atoms with E-state index in [1.54, 1.807) is 0 Å². The third-order valence-electron chi connectivity index (χ3n) is 6.77. The van der Waals surface area contributed by atoms with Crippen LogP contribution in [0.2, 0.25) is 0 Å². The Labute approximate surface area is 183 Å². The maximum Gasteiger partial charge on any atom is 0.240 e. The van der Waals surface area contributed by atoms with E-state index in [2.05, 4.69) is 97.2 Å². The Morgan fingerprint density at radius 2 is 1.03 bits per heavy atom. The molecule has 6 rings (SSSR count). The van der Waals surface area contributed by atoms with Crippen molar-refractivity contribution < 1.29 is 0 Å². The molecule has 0 atom stereocenters. The van der Waals surface area contributed by atoms with Gasteiger partial charge in [0.25, 0.3) is 0 Å². The normalized spacial score (nSPS) is 13.4. The van der Waals surface area contributed by atoms with E-state index in [0.29, 0.717) is 0 Å². The van der Waals surface area contributed by atoms with Crippen LogP contribution in [0.3, 0.4) is 0 Å². The van der Waals surface area contributed by atoms with Gasteiger partial charge in [-0.25, -0.2) is 0 Å². The molecule has 0 radical (unpaired) electrons. The molecule has 0 heterocycles. The molecule has 0 amide bonds. The number of benzene rings is 4. The third kappa shape index (κ3) is 2.40. The van der Waals surface area contributed by atoms with Crippen LogP contribution >= 0.6 is 11.1 Å². The molecule has 4 aromatic rings. The van der Waals surface area contributed by atoms with Crippen molar-refractivity contribution in [3.8, 4) is 22.3 Å². The zero-order valence-corrected chi connectivity index (χ0v) is 18.4. The van der Waals surface area contributed by atoms with Crippen molar-refractivity contribution >= 4 is 28.8 Å². The molecule has 0 unspecified atom stereocenters. The van der Waals surface area contributed by atoms with Gasteiger partial charge in [-0.15, -0.1) is 17.7 Å². The molecule has 0 aliphatic heterocycles. The lowest BCUT2D eigenvalue weighted by Gasteiger charge is -2.27. The van der Waals surface area contributed by atoms with Crippen LogP contribution in [0, 0.1) is 0 Å². The Morgan fingerprint density at radius 3 is 1.50 bits per heavy atom. The molecule has 2 aliphatic carbocycles. The highest BCUT2D eigenvalue weighted by Gasteiger charge is 2.39. The average molecular weight is 421 g/mol. The molecular formula is C28H21ClSi. The van der Waals surface area contributed by atoms with E-state index in [1.807, 2.05) is 0 Å². The first-order chi connectivity index (χ1) is 14.7. The van der Waals surface area contributed by atoms with Crippen LogP contribution in [0.1, 0.15) is 22.3 Å². The van der Waals surface area contributed by atoms with Gasteiger partial charge in [0.15, 0.2) is 0 Å². The lowest BCUT2D eigenvalue weighted by atomic mass is 10.1. The fourth-order valence-corrected chi connectivity index (χ4v) is 9.16. The van der Waals surface area contributed by atoms with E-state index in [4.69, 9.17) is 11.1 Å². The van der Waals surface area contributed by atoms with Crippen molar-refractivity contribution in [2.24, 2.45) is 0 Å². The molecule has 144 valence electrons. The molecule has 30 heavy (non-hydrogen) atoms. The minimum Gasteiger partial charge on any atom is -0.149 e. The highest BCUT2D eigenvalue weighted by atomic mass is 35.6. The summed E-state index contributed by atoms with van der Waals surface area (Å²) in [6.07, 6.45) is 1.90. The van der Waals surface area contributed by atoms with Crippen molar-refractivity contribution in [1.82, 2.24) is 0 Å². The summed E-state index contributed by atoms with van der Waals surface area (Å²) >= 11 is 7.65. The number of hydrogen-bond donors (Lipinski definition) is 0. The van der Waals surface area contributed by atoms with Gasteiger partial charge in [0, 0.05) is 0 Å². The predicted octanol–water partition coefficient (Wildman–Crippen LogP) is 5.85. The zero-order chi connectivity index (χ0) is 20.3. The van der Waals surface area contributed by atoms with Gasteiger partial charge in [0.1, 0.15) is 0 Å². The van der Waals surface area contributed by atoms with Crippen LogP contribution in [-0.4, -0.2) is 7.38 Å². The molecule has 0 aromatic heterocycles. The summed E-state index contributed by atoms with van der Waals surface area (Å²) in [6.45, 7) is 4.26. The first-order valence-corrected chi connectivity index (χ1v) is 13.5. The molecule has 0 fully saturated rings. The van der Waals surface area contributed by atoms with E-state index < -0.39 is 7.38 Å². The lowest BCUT2D eigenvalue weighted by molar-refractivity contribution is 1.27. The average Bonchev–Trinajstić information content (AvgIpc) is 3.36. The number of rotatable bonds is 3. The molecular weight excluding hydrogens is 400 g/mol. The van der Waals surface area contributed by atoms with E-state index >= 15 is 0 Å². The molecule has 0 saturated carbocycles. The monoisotopic (exact) mass is 420 g/mol. The number of halogens is 1. The molecule has 4 aromatic carbocycles. The van der Waals surface area contributed by atoms with Gasteiger partial charge >= 0.3 is 0 Å². The summed E-state index contributed by atoms with van der Waals surface area (Å²) in [5.41, 5.74) is 13.0. The van der Waals surface area contributed by atoms with E-state index in [1.165, 1.54) is 54.9 Å². The van der Waals surface area contributed by atoms with E-state index in [0.717, 1.165) is 12.8 Å². The van der Waals surface area contributed by atoms with E-state index in [9.17, 15) is 0 Å². The zero-order valence-electron chi connectivity index (χ0n) is 16.7. The van der Waals surface area contributed by atoms with Gasteiger partial charge in [-0.2, -0.15) is 0 Å². The quantitative estimate of drug-likeness (QED) is 0.249. The van der Waals surface area contributed by atoms with Crippen LogP contribution in [0.5, 0.6) is 0 Å². The molecule has 0 saturated heterocycles. The second kappa shape index (κ2) is 6.56. The summed E-state index contributed by atoms with van der Waals surface area (Å²) in [4.78, 5) is 0. The minimum atomic E-state index is -2.63. The molecule has 0 N–H and O–H groups in total. The lowest BCUT2D eigenvalue weighted by Crippen LogP contribution is -2.54. The fourth-order valence-electron chi connectivity index (χ4n) is 5.36. The van der Waals surface area contributed by atoms with Crippen molar-refractivity contribution in [3.05, 3.63) is 119 Å². The summed E-state index contributed by atoms with van der Waals surface area (Å²) in [5.74, 6) is 0. The Bertz CT molecular complexity index is 1240. The first-order valence-electron chi connectivity index (χ1n) is 10.4. The standard InChI is InChI=1S/C28H21ClSi/c1-2-30(29,27-15-7-13-23-21-11-5-3-9-19(21)17-25(23)27)28-16-8-14-24-22-12-6-4-10-20(22)18-26(24)28/h2-16H,1,17-18H2. The summed E-state index contributed by atoms with van der Waals surface area (Å²) in [6, 6.07) is 30.7. The Morgan fingerprint density at radius 1 is 0.600 bits per heavy atom. The Hall–Kier alpha value is -2.87. The van der Waals surface area contributed by atoms with Gasteiger partial charge in [-0.05, 0) is 67.7 Å². The second-order valence-electron chi connectivity index (χ2n) is 8.25. The Balaban J connectivity index is 1.56. The molecule has 2 heteroatoms. The minimum absolute atomic E-state index is 0.951. The number of hydrogen-bond acceptors (Lipinski definition) is 0. The summed E-state index contributed by atoms with van der Waals surface area (Å²) < 4.78 is 0.